The Morgan fingerprint density at radius 3 is 0.833 bits per heavy atom. The molecule has 30 heavy (non-hydrogen) atoms. The van der Waals surface area contributed by atoms with Crippen molar-refractivity contribution in [2.45, 2.75) is 0 Å². The van der Waals surface area contributed by atoms with Crippen molar-refractivity contribution in [3.8, 4) is 0 Å². The van der Waals surface area contributed by atoms with Gasteiger partial charge in [-0.25, -0.2) is 0 Å². The van der Waals surface area contributed by atoms with E-state index in [2.05, 4.69) is 157 Å². The molecule has 0 saturated carbocycles. The van der Waals surface area contributed by atoms with Crippen molar-refractivity contribution in [2.24, 2.45) is 0 Å². The summed E-state index contributed by atoms with van der Waals surface area (Å²) in [4.78, 5) is 0. The van der Waals surface area contributed by atoms with E-state index < -0.39 is 0 Å². The molecule has 134 valence electrons. The van der Waals surface area contributed by atoms with Crippen LogP contribution in [0.5, 0.6) is 0 Å². The van der Waals surface area contributed by atoms with E-state index in [4.69, 9.17) is 0 Å². The molecule has 0 bridgehead atoms. The van der Waals surface area contributed by atoms with Crippen LogP contribution in [0.2, 0.25) is 0 Å². The van der Waals surface area contributed by atoms with Gasteiger partial charge >= 0.3 is 199 Å². The van der Waals surface area contributed by atoms with E-state index >= 15 is 0 Å². The minimum absolute atomic E-state index is 1.23. The Bertz CT molecular complexity index is 1060. The van der Waals surface area contributed by atoms with Crippen LogP contribution in [0.1, 0.15) is 22.3 Å². The molecule has 0 nitrogen and oxygen atoms in total. The van der Waals surface area contributed by atoms with Crippen molar-refractivity contribution in [3.05, 3.63) is 144 Å². The minimum atomic E-state index is 1.23. The molecule has 0 aliphatic carbocycles. The maximum atomic E-state index is 2.24. The van der Waals surface area contributed by atoms with Crippen LogP contribution < -0.4 is 0 Å². The molecule has 0 aliphatic heterocycles. The van der Waals surface area contributed by atoms with Gasteiger partial charge in [-0.15, -0.1) is 0 Å². The summed E-state index contributed by atoms with van der Waals surface area (Å²) in [7, 11) is 0. The van der Waals surface area contributed by atoms with Crippen molar-refractivity contribution in [2.75, 3.05) is 0 Å². The van der Waals surface area contributed by atoms with E-state index in [9.17, 15) is 0 Å². The van der Waals surface area contributed by atoms with Crippen LogP contribution in [0, 0.1) is 0 Å². The van der Waals surface area contributed by atoms with Gasteiger partial charge in [-0.3, -0.25) is 0 Å². The SMILES string of the molecule is [Li][C](=C(C(=[C]([Li])c1ccccc1)c1ccccc1)c1ccccc1)c1ccccc1. The van der Waals surface area contributed by atoms with Gasteiger partial charge in [0.15, 0.2) is 0 Å². The average molecular weight is 370 g/mol. The summed E-state index contributed by atoms with van der Waals surface area (Å²) in [6.45, 7) is 0. The van der Waals surface area contributed by atoms with E-state index in [1.807, 2.05) is 0 Å². The topological polar surface area (TPSA) is 0 Å². The number of rotatable bonds is 5. The molecule has 0 radical (unpaired) electrons. The second-order valence-corrected chi connectivity index (χ2v) is 7.46. The Hall–Kier alpha value is -2.45. The third kappa shape index (κ3) is 4.65. The van der Waals surface area contributed by atoms with Crippen LogP contribution in [-0.2, 0) is 0 Å². The van der Waals surface area contributed by atoms with Gasteiger partial charge < -0.3 is 0 Å². The molecule has 2 heteroatoms. The predicted octanol–water partition coefficient (Wildman–Crippen LogP) is 6.46. The monoisotopic (exact) mass is 370 g/mol. The van der Waals surface area contributed by atoms with Crippen LogP contribution in [-0.4, -0.2) is 35.4 Å². The van der Waals surface area contributed by atoms with E-state index in [0.717, 1.165) is 0 Å². The molecule has 0 fully saturated rings. The van der Waals surface area contributed by atoms with Crippen molar-refractivity contribution >= 4 is 55.1 Å². The third-order valence-electron chi connectivity index (χ3n) is 5.54. The summed E-state index contributed by atoms with van der Waals surface area (Å²) in [6, 6.07) is 42.8. The average Bonchev–Trinajstić information content (AvgIpc) is 2.84. The van der Waals surface area contributed by atoms with Gasteiger partial charge in [-0.1, -0.05) is 0 Å². The van der Waals surface area contributed by atoms with Crippen molar-refractivity contribution in [1.29, 1.82) is 0 Å². The Morgan fingerprint density at radius 1 is 0.333 bits per heavy atom. The summed E-state index contributed by atoms with van der Waals surface area (Å²) in [5.41, 5.74) is 7.49. The zero-order chi connectivity index (χ0) is 20.8. The number of benzene rings is 4. The van der Waals surface area contributed by atoms with Crippen LogP contribution >= 0.6 is 0 Å². The third-order valence-corrected chi connectivity index (χ3v) is 5.54. The second kappa shape index (κ2) is 10.0. The zero-order valence-electron chi connectivity index (χ0n) is 17.5. The molecule has 0 saturated heterocycles. The molecule has 0 aliphatic rings. The summed E-state index contributed by atoms with van der Waals surface area (Å²) >= 11 is 4.47. The van der Waals surface area contributed by atoms with Gasteiger partial charge in [0.2, 0.25) is 0 Å². The van der Waals surface area contributed by atoms with Crippen LogP contribution in [0.3, 0.4) is 0 Å². The first-order valence-corrected chi connectivity index (χ1v) is 10.4. The number of allylic oxidation sites excluding steroid dienone is 2. The van der Waals surface area contributed by atoms with E-state index in [0.29, 0.717) is 0 Å². The van der Waals surface area contributed by atoms with E-state index in [1.54, 1.807) is 0 Å². The molecule has 0 aromatic heterocycles. The molecule has 4 aromatic rings. The first-order valence-electron chi connectivity index (χ1n) is 10.4. The van der Waals surface area contributed by atoms with Crippen LogP contribution in [0.4, 0.5) is 0 Å². The number of hydrogen-bond donors (Lipinski definition) is 0. The normalized spacial score (nSPS) is 12.8. The van der Waals surface area contributed by atoms with Gasteiger partial charge in [0.05, 0.1) is 0 Å². The molecule has 4 rings (SSSR count). The first kappa shape index (κ1) is 20.8. The van der Waals surface area contributed by atoms with Gasteiger partial charge in [-0.05, 0) is 0 Å². The van der Waals surface area contributed by atoms with Gasteiger partial charge in [-0.2, -0.15) is 0 Å². The van der Waals surface area contributed by atoms with Crippen molar-refractivity contribution in [1.82, 2.24) is 0 Å². The molecular formula is C28H20Li2. The standard InChI is InChI=1S/C28H20.2Li/c1-5-13-23(14-6-1)21-27(25-17-9-3-10-18-25)28(26-19-11-4-12-20-26)22-24-15-7-2-8-16-24;;/h1-20H;;. The Labute approximate surface area is 197 Å². The fourth-order valence-corrected chi connectivity index (χ4v) is 3.97. The fraction of sp³-hybridized carbons (Fsp3) is 0. The van der Waals surface area contributed by atoms with E-state index in [1.165, 1.54) is 41.9 Å². The first-order chi connectivity index (χ1) is 14.8. The zero-order valence-corrected chi connectivity index (χ0v) is 17.5. The van der Waals surface area contributed by atoms with Gasteiger partial charge in [0.1, 0.15) is 0 Å². The second-order valence-electron chi connectivity index (χ2n) is 7.46. The quantitative estimate of drug-likeness (QED) is 0.215. The predicted molar refractivity (Wildman–Crippen MR) is 131 cm³/mol. The van der Waals surface area contributed by atoms with Crippen LogP contribution in [0.25, 0.3) is 19.6 Å². The summed E-state index contributed by atoms with van der Waals surface area (Å²) in [6.07, 6.45) is 0. The van der Waals surface area contributed by atoms with E-state index in [-0.39, 0.29) is 0 Å². The van der Waals surface area contributed by atoms with Gasteiger partial charge in [0.25, 0.3) is 0 Å². The molecule has 0 amide bonds. The van der Waals surface area contributed by atoms with Crippen LogP contribution in [0.15, 0.2) is 121 Å². The fourth-order valence-electron chi connectivity index (χ4n) is 3.97. The van der Waals surface area contributed by atoms with Gasteiger partial charge in [0, 0.05) is 0 Å². The molecule has 0 atom stereocenters. The Morgan fingerprint density at radius 2 is 0.567 bits per heavy atom. The molecule has 0 N–H and O–H groups in total. The molecule has 0 spiro atoms. The van der Waals surface area contributed by atoms with Crippen molar-refractivity contribution < 1.29 is 0 Å². The number of hydrogen-bond acceptors (Lipinski definition) is 0. The molecule has 4 aromatic carbocycles. The Kier molecular flexibility index (Phi) is 6.97. The maximum absolute atomic E-state index is 2.24. The Balaban J connectivity index is 2.07. The molecule has 0 heterocycles. The summed E-state index contributed by atoms with van der Waals surface area (Å²) in [5, 5.41) is 0. The summed E-state index contributed by atoms with van der Waals surface area (Å²) < 4.78 is 2.55. The molecular weight excluding hydrogens is 350 g/mol. The molecule has 0 unspecified atom stereocenters. The summed E-state index contributed by atoms with van der Waals surface area (Å²) in [5.74, 6) is 0. The van der Waals surface area contributed by atoms with Crippen molar-refractivity contribution in [3.63, 3.8) is 0 Å².